The third-order valence-corrected chi connectivity index (χ3v) is 9.88. The van der Waals surface area contributed by atoms with E-state index in [9.17, 15) is 14.7 Å². The Labute approximate surface area is 291 Å². The number of hydrogen-bond donors (Lipinski definition) is 1. The highest BCUT2D eigenvalue weighted by atomic mass is 35.5. The van der Waals surface area contributed by atoms with Gasteiger partial charge in [-0.25, -0.2) is 0 Å². The van der Waals surface area contributed by atoms with Gasteiger partial charge in [-0.1, -0.05) is 71.8 Å². The highest BCUT2D eigenvalue weighted by molar-refractivity contribution is 8.00. The zero-order valence-corrected chi connectivity index (χ0v) is 29.1. The van der Waals surface area contributed by atoms with E-state index in [-0.39, 0.29) is 16.5 Å². The first-order valence-corrected chi connectivity index (χ1v) is 17.6. The Kier molecular flexibility index (Phi) is 11.7. The molecule has 246 valence electrons. The van der Waals surface area contributed by atoms with E-state index in [0.29, 0.717) is 68.3 Å². The molecule has 1 fully saturated rings. The number of amides is 1. The number of halogens is 2. The van der Waals surface area contributed by atoms with E-state index in [1.54, 1.807) is 54.6 Å². The van der Waals surface area contributed by atoms with Crippen LogP contribution in [0.5, 0.6) is 17.2 Å². The summed E-state index contributed by atoms with van der Waals surface area (Å²) in [5, 5.41) is 21.4. The van der Waals surface area contributed by atoms with Gasteiger partial charge in [0.2, 0.25) is 5.13 Å². The molecule has 0 aliphatic carbocycles. The quantitative estimate of drug-likeness (QED) is 0.0342. The number of aliphatic hydroxyl groups is 1. The van der Waals surface area contributed by atoms with Crippen LogP contribution in [0.2, 0.25) is 10.0 Å². The van der Waals surface area contributed by atoms with E-state index in [0.717, 1.165) is 29.7 Å². The van der Waals surface area contributed by atoms with Crippen LogP contribution in [0.4, 0.5) is 5.13 Å². The van der Waals surface area contributed by atoms with Gasteiger partial charge >= 0.3 is 5.91 Å². The van der Waals surface area contributed by atoms with Crippen molar-refractivity contribution in [2.24, 2.45) is 0 Å². The lowest BCUT2D eigenvalue weighted by atomic mass is 9.95. The van der Waals surface area contributed by atoms with Gasteiger partial charge in [-0.15, -0.1) is 10.2 Å². The Bertz CT molecular complexity index is 1780. The maximum Gasteiger partial charge on any atom is 0.301 e. The molecule has 5 rings (SSSR count). The predicted molar refractivity (Wildman–Crippen MR) is 186 cm³/mol. The Hall–Kier alpha value is -3.77. The third-order valence-electron chi connectivity index (χ3n) is 7.19. The molecule has 1 atom stereocenters. The summed E-state index contributed by atoms with van der Waals surface area (Å²) in [5.41, 5.74) is 1.66. The second-order valence-corrected chi connectivity index (χ2v) is 13.4. The molecule has 1 saturated heterocycles. The van der Waals surface area contributed by atoms with Gasteiger partial charge < -0.3 is 19.3 Å². The summed E-state index contributed by atoms with van der Waals surface area (Å²) in [6.07, 6.45) is 1.84. The number of benzene rings is 3. The van der Waals surface area contributed by atoms with Crippen molar-refractivity contribution in [3.05, 3.63) is 93.0 Å². The number of anilines is 1. The van der Waals surface area contributed by atoms with E-state index >= 15 is 0 Å². The molecular weight excluding hydrogens is 681 g/mol. The molecule has 1 amide bonds. The van der Waals surface area contributed by atoms with Crippen LogP contribution in [0.1, 0.15) is 56.3 Å². The SMILES string of the molecule is CCCCOc1ccc(C2C(=C(O)c3ccc(OCC)cc3)C(=O)C(=O)N2c2nnc(SCc3ccc(Cl)cc3Cl)s2)cc1OCC. The molecule has 0 spiro atoms. The lowest BCUT2D eigenvalue weighted by Gasteiger charge is -2.23. The molecule has 1 aliphatic rings. The molecule has 3 aromatic carbocycles. The van der Waals surface area contributed by atoms with Crippen molar-refractivity contribution in [2.45, 2.75) is 49.7 Å². The number of hydrogen-bond acceptors (Lipinski definition) is 10. The molecule has 1 aliphatic heterocycles. The van der Waals surface area contributed by atoms with Gasteiger partial charge in [0, 0.05) is 21.4 Å². The van der Waals surface area contributed by atoms with Crippen LogP contribution in [-0.4, -0.2) is 46.8 Å². The highest BCUT2D eigenvalue weighted by Crippen LogP contribution is 2.46. The minimum Gasteiger partial charge on any atom is -0.507 e. The van der Waals surface area contributed by atoms with E-state index in [4.69, 9.17) is 37.4 Å². The topological polar surface area (TPSA) is 111 Å². The highest BCUT2D eigenvalue weighted by Gasteiger charge is 2.48. The molecule has 47 heavy (non-hydrogen) atoms. The van der Waals surface area contributed by atoms with Crippen LogP contribution < -0.4 is 19.1 Å². The van der Waals surface area contributed by atoms with Gasteiger partial charge in [-0.2, -0.15) is 0 Å². The van der Waals surface area contributed by atoms with Gasteiger partial charge in [0.05, 0.1) is 31.4 Å². The van der Waals surface area contributed by atoms with Crippen molar-refractivity contribution in [1.29, 1.82) is 0 Å². The molecule has 1 aromatic heterocycles. The number of thioether (sulfide) groups is 1. The molecule has 0 saturated carbocycles. The summed E-state index contributed by atoms with van der Waals surface area (Å²) < 4.78 is 18.0. The van der Waals surface area contributed by atoms with E-state index in [2.05, 4.69) is 17.1 Å². The number of aliphatic hydroxyl groups excluding tert-OH is 1. The number of aromatic nitrogens is 2. The molecule has 4 aromatic rings. The molecule has 13 heteroatoms. The number of rotatable bonds is 14. The van der Waals surface area contributed by atoms with Crippen molar-refractivity contribution in [3.8, 4) is 17.2 Å². The maximum absolute atomic E-state index is 13.7. The average molecular weight is 715 g/mol. The Morgan fingerprint density at radius 3 is 2.40 bits per heavy atom. The van der Waals surface area contributed by atoms with Crippen molar-refractivity contribution in [3.63, 3.8) is 0 Å². The van der Waals surface area contributed by atoms with Gasteiger partial charge in [0.15, 0.2) is 15.8 Å². The molecule has 0 bridgehead atoms. The number of carbonyl (C=O) groups excluding carboxylic acids is 2. The molecule has 0 radical (unpaired) electrons. The molecular formula is C34H33Cl2N3O6S2. The first-order chi connectivity index (χ1) is 22.7. The summed E-state index contributed by atoms with van der Waals surface area (Å²) >= 11 is 14.9. The lowest BCUT2D eigenvalue weighted by Crippen LogP contribution is -2.29. The van der Waals surface area contributed by atoms with Crippen molar-refractivity contribution in [1.82, 2.24) is 10.2 Å². The van der Waals surface area contributed by atoms with Crippen LogP contribution >= 0.6 is 46.3 Å². The lowest BCUT2D eigenvalue weighted by molar-refractivity contribution is -0.132. The van der Waals surface area contributed by atoms with Crippen LogP contribution in [0.3, 0.4) is 0 Å². The summed E-state index contributed by atoms with van der Waals surface area (Å²) in [6, 6.07) is 16.2. The first kappa shape index (κ1) is 34.6. The van der Waals surface area contributed by atoms with Crippen molar-refractivity contribution in [2.75, 3.05) is 24.7 Å². The number of unbranched alkanes of at least 4 members (excludes halogenated alkanes) is 1. The summed E-state index contributed by atoms with van der Waals surface area (Å²) in [6.45, 7) is 7.17. The fourth-order valence-corrected chi connectivity index (χ4v) is 7.35. The number of carbonyl (C=O) groups is 2. The monoisotopic (exact) mass is 713 g/mol. The van der Waals surface area contributed by atoms with Crippen LogP contribution in [0.25, 0.3) is 5.76 Å². The Morgan fingerprint density at radius 1 is 0.936 bits per heavy atom. The third kappa shape index (κ3) is 7.86. The van der Waals surface area contributed by atoms with Gasteiger partial charge in [0.25, 0.3) is 5.78 Å². The zero-order chi connectivity index (χ0) is 33.5. The number of Topliss-reactive ketones (excluding diaryl/α,β-unsaturated/α-hetero) is 1. The fraction of sp³-hybridized carbons (Fsp3) is 0.294. The van der Waals surface area contributed by atoms with Gasteiger partial charge in [0.1, 0.15) is 11.5 Å². The van der Waals surface area contributed by atoms with Crippen molar-refractivity contribution >= 4 is 68.9 Å². The zero-order valence-electron chi connectivity index (χ0n) is 26.0. The minimum absolute atomic E-state index is 0.0846. The second kappa shape index (κ2) is 15.9. The number of ether oxygens (including phenoxy) is 3. The van der Waals surface area contributed by atoms with Crippen LogP contribution in [0, 0.1) is 0 Å². The predicted octanol–water partition coefficient (Wildman–Crippen LogP) is 8.74. The second-order valence-electron chi connectivity index (χ2n) is 10.3. The summed E-state index contributed by atoms with van der Waals surface area (Å²) in [4.78, 5) is 28.8. The maximum atomic E-state index is 13.7. The number of nitrogens with zero attached hydrogens (tertiary/aromatic N) is 3. The van der Waals surface area contributed by atoms with Gasteiger partial charge in [-0.05, 0) is 79.9 Å². The summed E-state index contributed by atoms with van der Waals surface area (Å²) in [5.74, 6) is 0.0969. The average Bonchev–Trinajstić information content (AvgIpc) is 3.63. The molecule has 2 heterocycles. The molecule has 1 N–H and O–H groups in total. The Balaban J connectivity index is 1.56. The van der Waals surface area contributed by atoms with Crippen LogP contribution in [-0.2, 0) is 15.3 Å². The van der Waals surface area contributed by atoms with E-state index in [1.165, 1.54) is 16.7 Å². The fourth-order valence-electron chi connectivity index (χ4n) is 4.92. The largest absolute Gasteiger partial charge is 0.507 e. The first-order valence-electron chi connectivity index (χ1n) is 15.1. The Morgan fingerprint density at radius 2 is 1.70 bits per heavy atom. The van der Waals surface area contributed by atoms with Gasteiger partial charge in [-0.3, -0.25) is 14.5 Å². The standard InChI is InChI=1S/C34H33Cl2N3O6S2/c1-4-7-16-45-26-15-11-21(17-27(26)44-6-3)29-28(30(40)20-9-13-24(14-10-20)43-5-2)31(41)32(42)39(29)33-37-38-34(47-33)46-19-22-8-12-23(35)18-25(22)36/h8-15,17-18,29,40H,4-7,16,19H2,1-3H3. The van der Waals surface area contributed by atoms with E-state index in [1.807, 2.05) is 19.9 Å². The van der Waals surface area contributed by atoms with Crippen LogP contribution in [0.15, 0.2) is 70.6 Å². The smallest absolute Gasteiger partial charge is 0.301 e. The van der Waals surface area contributed by atoms with Crippen molar-refractivity contribution < 1.29 is 28.9 Å². The molecule has 9 nitrogen and oxygen atoms in total. The molecule has 1 unspecified atom stereocenters. The normalized spacial score (nSPS) is 15.7. The van der Waals surface area contributed by atoms with E-state index < -0.39 is 17.7 Å². The number of ketones is 1. The summed E-state index contributed by atoms with van der Waals surface area (Å²) in [7, 11) is 0. The minimum atomic E-state index is -1.03.